The molecule has 0 radical (unpaired) electrons. The number of aliphatic hydroxyl groups is 2. The monoisotopic (exact) mass is 225 g/mol. The summed E-state index contributed by atoms with van der Waals surface area (Å²) in [4.78, 5) is 10.9. The molecule has 0 aromatic heterocycles. The standard InChI is InChI=1S/C11H15NO4/c1-16-11(15)5-12-10-3-8(6-13)2-9(4-10)7-14/h2-4,12-14H,5-7H2,1H3. The van der Waals surface area contributed by atoms with Crippen molar-refractivity contribution >= 4 is 11.7 Å². The Morgan fingerprint density at radius 1 is 1.25 bits per heavy atom. The molecule has 0 aliphatic carbocycles. The first-order chi connectivity index (χ1) is 7.69. The van der Waals surface area contributed by atoms with E-state index < -0.39 is 0 Å². The summed E-state index contributed by atoms with van der Waals surface area (Å²) in [5.74, 6) is -0.375. The van der Waals surface area contributed by atoms with Crippen molar-refractivity contribution in [3.8, 4) is 0 Å². The van der Waals surface area contributed by atoms with E-state index in [0.29, 0.717) is 16.8 Å². The molecule has 0 aliphatic heterocycles. The summed E-state index contributed by atoms with van der Waals surface area (Å²) in [5.41, 5.74) is 2.03. The fourth-order valence-corrected chi connectivity index (χ4v) is 1.29. The molecular weight excluding hydrogens is 210 g/mol. The molecule has 0 saturated carbocycles. The molecule has 16 heavy (non-hydrogen) atoms. The van der Waals surface area contributed by atoms with E-state index in [1.165, 1.54) is 7.11 Å². The number of nitrogens with one attached hydrogen (secondary N) is 1. The van der Waals surface area contributed by atoms with Crippen molar-refractivity contribution < 1.29 is 19.7 Å². The van der Waals surface area contributed by atoms with Gasteiger partial charge in [0.15, 0.2) is 0 Å². The summed E-state index contributed by atoms with van der Waals surface area (Å²) < 4.78 is 4.48. The second-order valence-corrected chi connectivity index (χ2v) is 3.28. The van der Waals surface area contributed by atoms with Gasteiger partial charge < -0.3 is 20.3 Å². The third kappa shape index (κ3) is 3.52. The maximum absolute atomic E-state index is 10.9. The number of methoxy groups -OCH3 is 1. The number of hydrogen-bond acceptors (Lipinski definition) is 5. The van der Waals surface area contributed by atoms with Gasteiger partial charge in [-0.25, -0.2) is 0 Å². The molecule has 0 unspecified atom stereocenters. The molecule has 0 atom stereocenters. The Kier molecular flexibility index (Phi) is 4.75. The van der Waals surface area contributed by atoms with Crippen molar-refractivity contribution in [1.82, 2.24) is 0 Å². The molecule has 0 aliphatic rings. The Balaban J connectivity index is 2.74. The van der Waals surface area contributed by atoms with E-state index in [2.05, 4.69) is 10.1 Å². The van der Waals surface area contributed by atoms with Crippen LogP contribution in [0.25, 0.3) is 0 Å². The fourth-order valence-electron chi connectivity index (χ4n) is 1.29. The lowest BCUT2D eigenvalue weighted by atomic mass is 10.1. The number of carbonyl (C=O) groups is 1. The van der Waals surface area contributed by atoms with Crippen LogP contribution >= 0.6 is 0 Å². The molecule has 3 N–H and O–H groups in total. The number of esters is 1. The molecule has 0 heterocycles. The molecule has 0 amide bonds. The van der Waals surface area contributed by atoms with Gasteiger partial charge in [-0.3, -0.25) is 4.79 Å². The summed E-state index contributed by atoms with van der Waals surface area (Å²) in [7, 11) is 1.31. The van der Waals surface area contributed by atoms with E-state index in [1.807, 2.05) is 0 Å². The molecule has 0 fully saturated rings. The number of anilines is 1. The smallest absolute Gasteiger partial charge is 0.325 e. The lowest BCUT2D eigenvalue weighted by molar-refractivity contribution is -0.138. The summed E-state index contributed by atoms with van der Waals surface area (Å²) in [6.07, 6.45) is 0. The van der Waals surface area contributed by atoms with Gasteiger partial charge >= 0.3 is 5.97 Å². The van der Waals surface area contributed by atoms with Gasteiger partial charge in [0, 0.05) is 5.69 Å². The van der Waals surface area contributed by atoms with Crippen molar-refractivity contribution in [2.75, 3.05) is 19.0 Å². The van der Waals surface area contributed by atoms with Gasteiger partial charge in [0.05, 0.1) is 20.3 Å². The zero-order chi connectivity index (χ0) is 12.0. The molecule has 1 rings (SSSR count). The van der Waals surface area contributed by atoms with Crippen LogP contribution in [0.1, 0.15) is 11.1 Å². The van der Waals surface area contributed by atoms with Crippen LogP contribution in [0.2, 0.25) is 0 Å². The van der Waals surface area contributed by atoms with E-state index in [0.717, 1.165) is 0 Å². The maximum atomic E-state index is 10.9. The molecular formula is C11H15NO4. The number of benzene rings is 1. The van der Waals surface area contributed by atoms with Gasteiger partial charge in [0.1, 0.15) is 6.54 Å². The molecule has 5 heteroatoms. The molecule has 88 valence electrons. The highest BCUT2D eigenvalue weighted by Crippen LogP contribution is 2.15. The highest BCUT2D eigenvalue weighted by molar-refractivity contribution is 5.74. The maximum Gasteiger partial charge on any atom is 0.325 e. The number of aliphatic hydroxyl groups excluding tert-OH is 2. The van der Waals surface area contributed by atoms with Crippen molar-refractivity contribution in [3.05, 3.63) is 29.3 Å². The Morgan fingerprint density at radius 2 is 1.81 bits per heavy atom. The minimum atomic E-state index is -0.375. The average molecular weight is 225 g/mol. The highest BCUT2D eigenvalue weighted by Gasteiger charge is 2.03. The van der Waals surface area contributed by atoms with Crippen molar-refractivity contribution in [2.24, 2.45) is 0 Å². The van der Waals surface area contributed by atoms with E-state index in [-0.39, 0.29) is 25.7 Å². The molecule has 5 nitrogen and oxygen atoms in total. The van der Waals surface area contributed by atoms with E-state index in [4.69, 9.17) is 10.2 Å². The van der Waals surface area contributed by atoms with E-state index in [1.54, 1.807) is 18.2 Å². The summed E-state index contributed by atoms with van der Waals surface area (Å²) in [6.45, 7) is -0.169. The van der Waals surface area contributed by atoms with Crippen LogP contribution in [0.15, 0.2) is 18.2 Å². The lowest BCUT2D eigenvalue weighted by Gasteiger charge is -2.08. The highest BCUT2D eigenvalue weighted by atomic mass is 16.5. The van der Waals surface area contributed by atoms with Gasteiger partial charge in [-0.05, 0) is 23.3 Å². The summed E-state index contributed by atoms with van der Waals surface area (Å²) >= 11 is 0. The van der Waals surface area contributed by atoms with Crippen molar-refractivity contribution in [3.63, 3.8) is 0 Å². The van der Waals surface area contributed by atoms with Crippen LogP contribution in [0.5, 0.6) is 0 Å². The van der Waals surface area contributed by atoms with Crippen LogP contribution in [0, 0.1) is 0 Å². The van der Waals surface area contributed by atoms with E-state index in [9.17, 15) is 4.79 Å². The second kappa shape index (κ2) is 6.09. The van der Waals surface area contributed by atoms with Crippen molar-refractivity contribution in [2.45, 2.75) is 13.2 Å². The first-order valence-electron chi connectivity index (χ1n) is 4.85. The third-order valence-electron chi connectivity index (χ3n) is 2.08. The SMILES string of the molecule is COC(=O)CNc1cc(CO)cc(CO)c1. The van der Waals surface area contributed by atoms with Gasteiger partial charge in [-0.15, -0.1) is 0 Å². The fraction of sp³-hybridized carbons (Fsp3) is 0.364. The Morgan fingerprint density at radius 3 is 2.25 bits per heavy atom. The number of carbonyl (C=O) groups excluding carboxylic acids is 1. The summed E-state index contributed by atoms with van der Waals surface area (Å²) in [6, 6.07) is 5.12. The zero-order valence-electron chi connectivity index (χ0n) is 9.06. The number of ether oxygens (including phenoxy) is 1. The van der Waals surface area contributed by atoms with Crippen molar-refractivity contribution in [1.29, 1.82) is 0 Å². The molecule has 0 bridgehead atoms. The second-order valence-electron chi connectivity index (χ2n) is 3.28. The number of rotatable bonds is 5. The van der Waals surface area contributed by atoms with E-state index >= 15 is 0 Å². The normalized spacial score (nSPS) is 9.94. The van der Waals surface area contributed by atoms with Gasteiger partial charge in [0.25, 0.3) is 0 Å². The first-order valence-corrected chi connectivity index (χ1v) is 4.85. The minimum Gasteiger partial charge on any atom is -0.468 e. The topological polar surface area (TPSA) is 78.8 Å². The van der Waals surface area contributed by atoms with Gasteiger partial charge in [-0.2, -0.15) is 0 Å². The largest absolute Gasteiger partial charge is 0.468 e. The van der Waals surface area contributed by atoms with Crippen LogP contribution in [0.3, 0.4) is 0 Å². The lowest BCUT2D eigenvalue weighted by Crippen LogP contribution is -2.15. The Bertz CT molecular complexity index is 343. The molecule has 1 aromatic carbocycles. The number of hydrogen-bond donors (Lipinski definition) is 3. The quantitative estimate of drug-likeness (QED) is 0.626. The van der Waals surface area contributed by atoms with Crippen LogP contribution in [0.4, 0.5) is 5.69 Å². The molecule has 1 aromatic rings. The zero-order valence-corrected chi connectivity index (χ0v) is 9.06. The Labute approximate surface area is 93.7 Å². The third-order valence-corrected chi connectivity index (χ3v) is 2.08. The predicted octanol–water partition coefficient (Wildman–Crippen LogP) is 0.256. The first kappa shape index (κ1) is 12.5. The van der Waals surface area contributed by atoms with Gasteiger partial charge in [-0.1, -0.05) is 6.07 Å². The predicted molar refractivity (Wildman–Crippen MR) is 58.8 cm³/mol. The van der Waals surface area contributed by atoms with Crippen LogP contribution in [-0.2, 0) is 22.7 Å². The minimum absolute atomic E-state index is 0.0518. The van der Waals surface area contributed by atoms with Crippen LogP contribution < -0.4 is 5.32 Å². The average Bonchev–Trinajstić information content (AvgIpc) is 2.35. The molecule has 0 spiro atoms. The molecule has 0 saturated heterocycles. The van der Waals surface area contributed by atoms with Crippen LogP contribution in [-0.4, -0.2) is 29.8 Å². The van der Waals surface area contributed by atoms with Gasteiger partial charge in [0.2, 0.25) is 0 Å². The Hall–Kier alpha value is -1.59. The summed E-state index contributed by atoms with van der Waals surface area (Å²) in [5, 5.41) is 20.9.